The van der Waals surface area contributed by atoms with E-state index in [0.29, 0.717) is 17.6 Å². The van der Waals surface area contributed by atoms with E-state index in [-0.39, 0.29) is 19.3 Å². The topological polar surface area (TPSA) is 65.0 Å². The standard InChI is InChI=1S/C40H84NO5PS/c1-6-8-10-12-14-16-18-20-22-24-26-28-30-32-35-44-40(38-46-47(42,43)45-36-34-41(3,4)5)39-48-37-33-31-29-27-25-23-21-19-17-15-13-11-9-7-2/h40H,6-39H2,1-5H3/p+1. The van der Waals surface area contributed by atoms with Crippen molar-refractivity contribution in [1.82, 2.24) is 0 Å². The Morgan fingerprint density at radius 2 is 0.917 bits per heavy atom. The zero-order valence-electron chi connectivity index (χ0n) is 33.0. The Balaban J connectivity index is 4.08. The Kier molecular flexibility index (Phi) is 36.1. The van der Waals surface area contributed by atoms with E-state index in [1.807, 2.05) is 32.9 Å². The van der Waals surface area contributed by atoms with E-state index in [1.165, 1.54) is 173 Å². The molecule has 2 unspecified atom stereocenters. The molecule has 1 N–H and O–H groups in total. The van der Waals surface area contributed by atoms with Crippen molar-refractivity contribution in [3.05, 3.63) is 0 Å². The predicted octanol–water partition coefficient (Wildman–Crippen LogP) is 12.9. The Bertz CT molecular complexity index is 693. The van der Waals surface area contributed by atoms with Gasteiger partial charge >= 0.3 is 7.82 Å². The molecule has 0 rings (SSSR count). The summed E-state index contributed by atoms with van der Waals surface area (Å²) in [6.07, 6.45) is 37.8. The first-order valence-corrected chi connectivity index (χ1v) is 23.5. The minimum atomic E-state index is -4.08. The number of unbranched alkanes of at least 4 members (excludes halogenated alkanes) is 26. The Hall–Kier alpha value is 0.380. The fourth-order valence-electron chi connectivity index (χ4n) is 5.95. The molecule has 0 aromatic heterocycles. The molecule has 0 bridgehead atoms. The third kappa shape index (κ3) is 39.2. The number of phosphoric ester groups is 1. The largest absolute Gasteiger partial charge is 0.472 e. The van der Waals surface area contributed by atoms with E-state index in [0.717, 1.165) is 17.9 Å². The van der Waals surface area contributed by atoms with Crippen LogP contribution in [-0.2, 0) is 18.3 Å². The number of rotatable bonds is 40. The molecule has 2 atom stereocenters. The second-order valence-electron chi connectivity index (χ2n) is 15.4. The molecule has 0 aromatic rings. The fraction of sp³-hybridized carbons (Fsp3) is 1.00. The van der Waals surface area contributed by atoms with Crippen molar-refractivity contribution in [1.29, 1.82) is 0 Å². The van der Waals surface area contributed by atoms with Gasteiger partial charge in [0.15, 0.2) is 0 Å². The van der Waals surface area contributed by atoms with Crippen LogP contribution in [0.3, 0.4) is 0 Å². The summed E-state index contributed by atoms with van der Waals surface area (Å²) >= 11 is 1.89. The molecule has 0 radical (unpaired) electrons. The normalized spacial score (nSPS) is 14.0. The number of hydrogen-bond donors (Lipinski definition) is 1. The van der Waals surface area contributed by atoms with Crippen molar-refractivity contribution in [2.75, 3.05) is 59.0 Å². The van der Waals surface area contributed by atoms with Crippen LogP contribution in [0.4, 0.5) is 0 Å². The van der Waals surface area contributed by atoms with Crippen LogP contribution in [0.1, 0.15) is 194 Å². The maximum absolute atomic E-state index is 12.5. The first kappa shape index (κ1) is 48.4. The van der Waals surface area contributed by atoms with Crippen molar-refractivity contribution < 1.29 is 27.7 Å². The van der Waals surface area contributed by atoms with Gasteiger partial charge in [0.25, 0.3) is 0 Å². The highest BCUT2D eigenvalue weighted by Gasteiger charge is 2.25. The van der Waals surface area contributed by atoms with E-state index in [4.69, 9.17) is 13.8 Å². The summed E-state index contributed by atoms with van der Waals surface area (Å²) in [5.41, 5.74) is 0. The molecule has 0 spiro atoms. The van der Waals surface area contributed by atoms with Crippen LogP contribution in [0.25, 0.3) is 0 Å². The van der Waals surface area contributed by atoms with Crippen LogP contribution in [0.5, 0.6) is 0 Å². The molecular formula is C40H85NO5PS+. The number of likely N-dealkylation sites (N-methyl/N-ethyl adjacent to an activating group) is 1. The van der Waals surface area contributed by atoms with E-state index in [9.17, 15) is 9.46 Å². The summed E-state index contributed by atoms with van der Waals surface area (Å²) in [5, 5.41) is 0. The maximum atomic E-state index is 12.5. The molecule has 0 saturated heterocycles. The van der Waals surface area contributed by atoms with Gasteiger partial charge in [-0.05, 0) is 18.6 Å². The molecule has 0 saturated carbocycles. The van der Waals surface area contributed by atoms with Gasteiger partial charge in [0.05, 0.1) is 33.9 Å². The van der Waals surface area contributed by atoms with Gasteiger partial charge < -0.3 is 14.1 Å². The van der Waals surface area contributed by atoms with Crippen LogP contribution in [0.2, 0.25) is 0 Å². The lowest BCUT2D eigenvalue weighted by molar-refractivity contribution is -0.870. The average molecular weight is 723 g/mol. The molecule has 6 nitrogen and oxygen atoms in total. The number of hydrogen-bond acceptors (Lipinski definition) is 5. The molecule has 48 heavy (non-hydrogen) atoms. The Morgan fingerprint density at radius 3 is 1.31 bits per heavy atom. The molecule has 0 aliphatic heterocycles. The van der Waals surface area contributed by atoms with Crippen molar-refractivity contribution in [2.24, 2.45) is 0 Å². The van der Waals surface area contributed by atoms with Crippen LogP contribution < -0.4 is 0 Å². The van der Waals surface area contributed by atoms with E-state index in [1.54, 1.807) is 0 Å². The summed E-state index contributed by atoms with van der Waals surface area (Å²) < 4.78 is 30.0. The Labute approximate surface area is 305 Å². The highest BCUT2D eigenvalue weighted by atomic mass is 32.2. The van der Waals surface area contributed by atoms with Crippen molar-refractivity contribution in [3.8, 4) is 0 Å². The quantitative estimate of drug-likeness (QED) is 0.0386. The third-order valence-corrected chi connectivity index (χ3v) is 11.4. The first-order valence-electron chi connectivity index (χ1n) is 20.8. The van der Waals surface area contributed by atoms with Crippen LogP contribution in [0, 0.1) is 0 Å². The SMILES string of the molecule is CCCCCCCCCCCCCCCCOC(COP(=O)(O)OCC[N+](C)(C)C)CSCCCCCCCCCCCCCCCC. The molecule has 0 aliphatic rings. The molecule has 8 heteroatoms. The minimum Gasteiger partial charge on any atom is -0.375 e. The molecule has 0 aliphatic carbocycles. The molecule has 0 aromatic carbocycles. The van der Waals surface area contributed by atoms with Gasteiger partial charge in [0.2, 0.25) is 0 Å². The van der Waals surface area contributed by atoms with Crippen molar-refractivity contribution in [3.63, 3.8) is 0 Å². The molecule has 290 valence electrons. The van der Waals surface area contributed by atoms with Gasteiger partial charge in [-0.2, -0.15) is 11.8 Å². The average Bonchev–Trinajstić information content (AvgIpc) is 3.04. The maximum Gasteiger partial charge on any atom is 0.472 e. The van der Waals surface area contributed by atoms with Crippen LogP contribution >= 0.6 is 19.6 Å². The summed E-state index contributed by atoms with van der Waals surface area (Å²) in [4.78, 5) is 10.2. The molecular weight excluding hydrogens is 637 g/mol. The second-order valence-corrected chi connectivity index (χ2v) is 18.0. The third-order valence-electron chi connectivity index (χ3n) is 9.24. The van der Waals surface area contributed by atoms with Gasteiger partial charge in [0.1, 0.15) is 13.2 Å². The lowest BCUT2D eigenvalue weighted by atomic mass is 10.0. The van der Waals surface area contributed by atoms with Crippen LogP contribution in [0.15, 0.2) is 0 Å². The number of quaternary nitrogens is 1. The van der Waals surface area contributed by atoms with E-state index < -0.39 is 7.82 Å². The highest BCUT2D eigenvalue weighted by Crippen LogP contribution is 2.43. The van der Waals surface area contributed by atoms with Gasteiger partial charge in [-0.25, -0.2) is 4.57 Å². The second kappa shape index (κ2) is 35.8. The number of ether oxygens (including phenoxy) is 1. The van der Waals surface area contributed by atoms with E-state index >= 15 is 0 Å². The van der Waals surface area contributed by atoms with Crippen LogP contribution in [-0.4, -0.2) is 74.5 Å². The summed E-state index contributed by atoms with van der Waals surface area (Å²) in [6, 6.07) is 0. The smallest absolute Gasteiger partial charge is 0.375 e. The van der Waals surface area contributed by atoms with Gasteiger partial charge in [-0.15, -0.1) is 0 Å². The molecule has 0 fully saturated rings. The zero-order chi connectivity index (χ0) is 35.4. The van der Waals surface area contributed by atoms with Crippen molar-refractivity contribution in [2.45, 2.75) is 200 Å². The zero-order valence-corrected chi connectivity index (χ0v) is 34.7. The number of phosphoric acid groups is 1. The number of thioether (sulfide) groups is 1. The first-order chi connectivity index (χ1) is 23.2. The predicted molar refractivity (Wildman–Crippen MR) is 212 cm³/mol. The lowest BCUT2D eigenvalue weighted by Gasteiger charge is -2.24. The summed E-state index contributed by atoms with van der Waals surface area (Å²) in [6.45, 7) is 6.18. The minimum absolute atomic E-state index is 0.0997. The summed E-state index contributed by atoms with van der Waals surface area (Å²) in [5.74, 6) is 1.89. The van der Waals surface area contributed by atoms with Gasteiger partial charge in [0, 0.05) is 12.4 Å². The van der Waals surface area contributed by atoms with Crippen molar-refractivity contribution >= 4 is 19.6 Å². The highest BCUT2D eigenvalue weighted by molar-refractivity contribution is 7.99. The lowest BCUT2D eigenvalue weighted by Crippen LogP contribution is -2.37. The molecule has 0 heterocycles. The summed E-state index contributed by atoms with van der Waals surface area (Å²) in [7, 11) is 2.01. The monoisotopic (exact) mass is 723 g/mol. The number of nitrogens with zero attached hydrogens (tertiary/aromatic N) is 1. The fourth-order valence-corrected chi connectivity index (χ4v) is 7.72. The van der Waals surface area contributed by atoms with E-state index in [2.05, 4.69) is 13.8 Å². The Morgan fingerprint density at radius 1 is 0.542 bits per heavy atom. The molecule has 0 amide bonds. The van der Waals surface area contributed by atoms with Gasteiger partial charge in [-0.1, -0.05) is 181 Å². The van der Waals surface area contributed by atoms with Gasteiger partial charge in [-0.3, -0.25) is 9.05 Å².